The molecule has 2 rings (SSSR count). The first-order valence-corrected chi connectivity index (χ1v) is 8.28. The van der Waals surface area contributed by atoms with Crippen molar-refractivity contribution in [3.05, 3.63) is 35.4 Å². The van der Waals surface area contributed by atoms with E-state index in [0.717, 1.165) is 25.0 Å². The third-order valence-electron chi connectivity index (χ3n) is 3.75. The largest absolute Gasteiger partial charge is 0.416 e. The van der Waals surface area contributed by atoms with Crippen molar-refractivity contribution in [2.45, 2.75) is 44.4 Å². The zero-order chi connectivity index (χ0) is 18.3. The molecule has 146 valence electrons. The highest BCUT2D eigenvalue weighted by atomic mass is 127. The molecule has 0 saturated heterocycles. The molecule has 0 spiro atoms. The van der Waals surface area contributed by atoms with Crippen LogP contribution in [0.4, 0.5) is 13.2 Å². The average molecular weight is 484 g/mol. The van der Waals surface area contributed by atoms with Crippen molar-refractivity contribution in [3.63, 3.8) is 0 Å². The minimum Gasteiger partial charge on any atom is -0.356 e. The number of carbonyl (C=O) groups is 1. The molecule has 1 aliphatic rings. The van der Waals surface area contributed by atoms with Crippen LogP contribution in [-0.2, 0) is 17.5 Å². The Morgan fingerprint density at radius 3 is 2.62 bits per heavy atom. The van der Waals surface area contributed by atoms with Gasteiger partial charge in [0.1, 0.15) is 0 Å². The Morgan fingerprint density at radius 2 is 2.00 bits per heavy atom. The minimum atomic E-state index is -4.35. The van der Waals surface area contributed by atoms with Gasteiger partial charge in [-0.2, -0.15) is 13.2 Å². The first kappa shape index (κ1) is 22.5. The molecule has 5 nitrogen and oxygen atoms in total. The number of hydrogen-bond donors (Lipinski definition) is 3. The Kier molecular flexibility index (Phi) is 9.17. The molecule has 0 radical (unpaired) electrons. The summed E-state index contributed by atoms with van der Waals surface area (Å²) in [5, 5.41) is 8.93. The third-order valence-corrected chi connectivity index (χ3v) is 3.75. The highest BCUT2D eigenvalue weighted by Gasteiger charge is 2.30. The molecule has 3 N–H and O–H groups in total. The summed E-state index contributed by atoms with van der Waals surface area (Å²) in [6.07, 6.45) is -1.12. The monoisotopic (exact) mass is 484 g/mol. The Hall–Kier alpha value is -1.52. The van der Waals surface area contributed by atoms with Gasteiger partial charge in [-0.15, -0.1) is 24.0 Å². The molecule has 0 bridgehead atoms. The van der Waals surface area contributed by atoms with E-state index in [1.807, 2.05) is 0 Å². The molecule has 9 heteroatoms. The van der Waals surface area contributed by atoms with Gasteiger partial charge < -0.3 is 16.0 Å². The average Bonchev–Trinajstić information content (AvgIpc) is 3.37. The SMILES string of the molecule is CN=C(NCCCC(=O)NC1CC1)NCc1cccc(C(F)(F)F)c1.I. The fraction of sp³-hybridized carbons (Fsp3) is 0.529. The Bertz CT molecular complexity index is 618. The normalized spacial score (nSPS) is 14.4. The van der Waals surface area contributed by atoms with Crippen LogP contribution >= 0.6 is 24.0 Å². The predicted molar refractivity (Wildman–Crippen MR) is 105 cm³/mol. The van der Waals surface area contributed by atoms with Crippen LogP contribution in [0, 0.1) is 0 Å². The van der Waals surface area contributed by atoms with E-state index >= 15 is 0 Å². The van der Waals surface area contributed by atoms with E-state index < -0.39 is 11.7 Å². The lowest BCUT2D eigenvalue weighted by atomic mass is 10.1. The van der Waals surface area contributed by atoms with E-state index in [4.69, 9.17) is 0 Å². The lowest BCUT2D eigenvalue weighted by molar-refractivity contribution is -0.137. The predicted octanol–water partition coefficient (Wildman–Crippen LogP) is 3.05. The fourth-order valence-electron chi connectivity index (χ4n) is 2.25. The van der Waals surface area contributed by atoms with Crippen LogP contribution in [0.1, 0.15) is 36.8 Å². The number of halogens is 4. The van der Waals surface area contributed by atoms with E-state index in [0.29, 0.717) is 37.0 Å². The Balaban J connectivity index is 0.00000338. The van der Waals surface area contributed by atoms with Gasteiger partial charge in [0.15, 0.2) is 5.96 Å². The van der Waals surface area contributed by atoms with Crippen LogP contribution in [0.25, 0.3) is 0 Å². The summed E-state index contributed by atoms with van der Waals surface area (Å²) in [6.45, 7) is 0.784. The number of amides is 1. The first-order chi connectivity index (χ1) is 11.9. The molecule has 1 aromatic rings. The van der Waals surface area contributed by atoms with Gasteiger partial charge in [0.05, 0.1) is 5.56 Å². The highest BCUT2D eigenvalue weighted by molar-refractivity contribution is 14.0. The second-order valence-corrected chi connectivity index (χ2v) is 6.00. The van der Waals surface area contributed by atoms with Gasteiger partial charge in [-0.1, -0.05) is 12.1 Å². The number of rotatable bonds is 7. The van der Waals surface area contributed by atoms with Crippen molar-refractivity contribution >= 4 is 35.8 Å². The molecule has 1 aromatic carbocycles. The second kappa shape index (κ2) is 10.6. The van der Waals surface area contributed by atoms with Crippen molar-refractivity contribution in [1.82, 2.24) is 16.0 Å². The quantitative estimate of drug-likeness (QED) is 0.241. The minimum absolute atomic E-state index is 0. The maximum atomic E-state index is 12.7. The number of alkyl halides is 3. The lowest BCUT2D eigenvalue weighted by Gasteiger charge is -2.13. The van der Waals surface area contributed by atoms with Crippen LogP contribution in [0.5, 0.6) is 0 Å². The summed E-state index contributed by atoms with van der Waals surface area (Å²) in [5.41, 5.74) is -0.155. The summed E-state index contributed by atoms with van der Waals surface area (Å²) >= 11 is 0. The van der Waals surface area contributed by atoms with E-state index in [1.165, 1.54) is 6.07 Å². The summed E-state index contributed by atoms with van der Waals surface area (Å²) in [7, 11) is 1.58. The molecule has 1 saturated carbocycles. The molecule has 0 aromatic heterocycles. The van der Waals surface area contributed by atoms with Gasteiger partial charge in [-0.3, -0.25) is 9.79 Å². The molecule has 0 aliphatic heterocycles. The summed E-state index contributed by atoms with van der Waals surface area (Å²) in [6, 6.07) is 5.53. The number of nitrogens with zero attached hydrogens (tertiary/aromatic N) is 1. The van der Waals surface area contributed by atoms with E-state index in [-0.39, 0.29) is 36.4 Å². The summed E-state index contributed by atoms with van der Waals surface area (Å²) in [5.74, 6) is 0.538. The topological polar surface area (TPSA) is 65.5 Å². The molecule has 0 unspecified atom stereocenters. The van der Waals surface area contributed by atoms with Crippen molar-refractivity contribution in [2.75, 3.05) is 13.6 Å². The second-order valence-electron chi connectivity index (χ2n) is 6.00. The molecule has 0 atom stereocenters. The Labute approximate surface area is 168 Å². The maximum absolute atomic E-state index is 12.7. The Morgan fingerprint density at radius 1 is 1.27 bits per heavy atom. The van der Waals surface area contributed by atoms with Gasteiger partial charge in [0.2, 0.25) is 5.91 Å². The zero-order valence-corrected chi connectivity index (χ0v) is 16.9. The fourth-order valence-corrected chi connectivity index (χ4v) is 2.25. The van der Waals surface area contributed by atoms with E-state index in [2.05, 4.69) is 20.9 Å². The highest BCUT2D eigenvalue weighted by Crippen LogP contribution is 2.29. The molecule has 1 amide bonds. The smallest absolute Gasteiger partial charge is 0.356 e. The first-order valence-electron chi connectivity index (χ1n) is 8.28. The molecule has 1 fully saturated rings. The zero-order valence-electron chi connectivity index (χ0n) is 14.5. The number of hydrogen-bond acceptors (Lipinski definition) is 2. The van der Waals surface area contributed by atoms with Gasteiger partial charge in [0, 0.05) is 32.6 Å². The van der Waals surface area contributed by atoms with Crippen LogP contribution in [0.3, 0.4) is 0 Å². The molecule has 26 heavy (non-hydrogen) atoms. The third kappa shape index (κ3) is 8.24. The van der Waals surface area contributed by atoms with Gasteiger partial charge in [-0.25, -0.2) is 0 Å². The van der Waals surface area contributed by atoms with Crippen LogP contribution in [0.2, 0.25) is 0 Å². The number of guanidine groups is 1. The molecular weight excluding hydrogens is 460 g/mol. The number of benzene rings is 1. The molecule has 1 aliphatic carbocycles. The van der Waals surface area contributed by atoms with Gasteiger partial charge >= 0.3 is 6.18 Å². The lowest BCUT2D eigenvalue weighted by Crippen LogP contribution is -2.37. The van der Waals surface area contributed by atoms with Crippen molar-refractivity contribution in [1.29, 1.82) is 0 Å². The number of aliphatic imine (C=N–C) groups is 1. The van der Waals surface area contributed by atoms with E-state index in [9.17, 15) is 18.0 Å². The van der Waals surface area contributed by atoms with Crippen molar-refractivity contribution in [2.24, 2.45) is 4.99 Å². The number of carbonyl (C=O) groups excluding carboxylic acids is 1. The maximum Gasteiger partial charge on any atom is 0.416 e. The van der Waals surface area contributed by atoms with Crippen molar-refractivity contribution in [3.8, 4) is 0 Å². The van der Waals surface area contributed by atoms with E-state index in [1.54, 1.807) is 13.1 Å². The van der Waals surface area contributed by atoms with Gasteiger partial charge in [0.25, 0.3) is 0 Å². The molecule has 0 heterocycles. The number of nitrogens with one attached hydrogen (secondary N) is 3. The summed E-state index contributed by atoms with van der Waals surface area (Å²) in [4.78, 5) is 15.6. The summed E-state index contributed by atoms with van der Waals surface area (Å²) < 4.78 is 38.1. The molecular formula is C17H24F3IN4O. The van der Waals surface area contributed by atoms with Crippen LogP contribution < -0.4 is 16.0 Å². The standard InChI is InChI=1S/C17H23F3N4O.HI/c1-21-16(22-9-3-6-15(25)24-14-7-8-14)23-11-12-4-2-5-13(10-12)17(18,19)20;/h2,4-5,10,14H,3,6-9,11H2,1H3,(H,24,25)(H2,21,22,23);1H. The van der Waals surface area contributed by atoms with Crippen LogP contribution in [0.15, 0.2) is 29.3 Å². The van der Waals surface area contributed by atoms with Crippen LogP contribution in [-0.4, -0.2) is 31.5 Å². The van der Waals surface area contributed by atoms with Gasteiger partial charge in [-0.05, 0) is 37.0 Å². The van der Waals surface area contributed by atoms with Crippen molar-refractivity contribution < 1.29 is 18.0 Å².